The molecular weight excluding hydrogens is 254 g/mol. The second kappa shape index (κ2) is 4.31. The molecular formula is C8H12ClN3O3S. The molecule has 0 aliphatic carbocycles. The third kappa shape index (κ3) is 2.21. The predicted octanol–water partition coefficient (Wildman–Crippen LogP) is 0.637. The molecule has 6 nitrogen and oxygen atoms in total. The molecule has 90 valence electrons. The summed E-state index contributed by atoms with van der Waals surface area (Å²) in [5.74, 6) is 0.706. The largest absolute Gasteiger partial charge is 0.381 e. The summed E-state index contributed by atoms with van der Waals surface area (Å²) >= 11 is 0. The first-order valence-corrected chi connectivity index (χ1v) is 7.23. The van der Waals surface area contributed by atoms with Gasteiger partial charge in [0, 0.05) is 30.3 Å². The second-order valence-electron chi connectivity index (χ2n) is 3.75. The van der Waals surface area contributed by atoms with E-state index in [0.29, 0.717) is 12.4 Å². The lowest BCUT2D eigenvalue weighted by molar-refractivity contribution is 0.0770. The maximum absolute atomic E-state index is 11.2. The van der Waals surface area contributed by atoms with Crippen LogP contribution in [-0.2, 0) is 20.8 Å². The third-order valence-electron chi connectivity index (χ3n) is 2.61. The van der Waals surface area contributed by atoms with E-state index in [4.69, 9.17) is 15.4 Å². The zero-order valence-electron chi connectivity index (χ0n) is 8.76. The number of ether oxygens (including phenoxy) is 1. The normalized spacial score (nSPS) is 22.2. The number of hydrogen-bond acceptors (Lipinski definition) is 5. The van der Waals surface area contributed by atoms with E-state index >= 15 is 0 Å². The Hall–Kier alpha value is -0.660. The molecule has 2 rings (SSSR count). The van der Waals surface area contributed by atoms with E-state index in [9.17, 15) is 8.42 Å². The van der Waals surface area contributed by atoms with E-state index in [1.165, 1.54) is 4.57 Å². The topological polar surface area (TPSA) is 74.1 Å². The average Bonchev–Trinajstić information content (AvgIpc) is 2.61. The summed E-state index contributed by atoms with van der Waals surface area (Å²) in [4.78, 5) is 0. The lowest BCUT2D eigenvalue weighted by Crippen LogP contribution is -2.19. The van der Waals surface area contributed by atoms with Crippen molar-refractivity contribution >= 4 is 19.7 Å². The summed E-state index contributed by atoms with van der Waals surface area (Å²) < 4.78 is 29.1. The fraction of sp³-hybridized carbons (Fsp3) is 0.750. The van der Waals surface area contributed by atoms with Crippen molar-refractivity contribution in [3.05, 3.63) is 5.82 Å². The van der Waals surface area contributed by atoms with Gasteiger partial charge < -0.3 is 9.30 Å². The SMILES string of the molecule is Cn1c(C2CCCOC2)nnc1S(=O)(=O)Cl. The Morgan fingerprint density at radius 1 is 1.50 bits per heavy atom. The van der Waals surface area contributed by atoms with Crippen molar-refractivity contribution < 1.29 is 13.2 Å². The minimum absolute atomic E-state index is 0.0958. The molecule has 0 spiro atoms. The van der Waals surface area contributed by atoms with Crippen LogP contribution in [0.5, 0.6) is 0 Å². The van der Waals surface area contributed by atoms with Gasteiger partial charge in [0.25, 0.3) is 14.2 Å². The molecule has 1 unspecified atom stereocenters. The Balaban J connectivity index is 2.33. The smallest absolute Gasteiger partial charge is 0.296 e. The van der Waals surface area contributed by atoms with Gasteiger partial charge >= 0.3 is 0 Å². The minimum Gasteiger partial charge on any atom is -0.381 e. The quantitative estimate of drug-likeness (QED) is 0.734. The van der Waals surface area contributed by atoms with E-state index in [1.807, 2.05) is 0 Å². The van der Waals surface area contributed by atoms with Gasteiger partial charge in [-0.25, -0.2) is 8.42 Å². The first-order chi connectivity index (χ1) is 7.50. The number of nitrogens with zero attached hydrogens (tertiary/aromatic N) is 3. The van der Waals surface area contributed by atoms with Crippen molar-refractivity contribution in [2.75, 3.05) is 13.2 Å². The van der Waals surface area contributed by atoms with Crippen molar-refractivity contribution in [3.8, 4) is 0 Å². The Bertz CT molecular complexity index is 479. The van der Waals surface area contributed by atoms with Crippen molar-refractivity contribution in [3.63, 3.8) is 0 Å². The van der Waals surface area contributed by atoms with Crippen molar-refractivity contribution in [1.29, 1.82) is 0 Å². The molecule has 1 aromatic rings. The lowest BCUT2D eigenvalue weighted by Gasteiger charge is -2.20. The molecule has 16 heavy (non-hydrogen) atoms. The van der Waals surface area contributed by atoms with Gasteiger partial charge in [-0.2, -0.15) is 0 Å². The van der Waals surface area contributed by atoms with Crippen LogP contribution in [0.3, 0.4) is 0 Å². The highest BCUT2D eigenvalue weighted by molar-refractivity contribution is 8.13. The minimum atomic E-state index is -3.83. The molecule has 1 aromatic heterocycles. The fourth-order valence-electron chi connectivity index (χ4n) is 1.84. The molecule has 0 saturated carbocycles. The molecule has 0 bridgehead atoms. The highest BCUT2D eigenvalue weighted by Crippen LogP contribution is 2.25. The fourth-order valence-corrected chi connectivity index (χ4v) is 2.80. The third-order valence-corrected chi connectivity index (χ3v) is 3.82. The van der Waals surface area contributed by atoms with Crippen LogP contribution in [0, 0.1) is 0 Å². The molecule has 0 aromatic carbocycles. The highest BCUT2D eigenvalue weighted by Gasteiger charge is 2.26. The number of rotatable bonds is 2. The molecule has 1 saturated heterocycles. The monoisotopic (exact) mass is 265 g/mol. The van der Waals surface area contributed by atoms with Crippen molar-refractivity contribution in [1.82, 2.24) is 14.8 Å². The highest BCUT2D eigenvalue weighted by atomic mass is 35.7. The van der Waals surface area contributed by atoms with Gasteiger partial charge in [-0.15, -0.1) is 10.2 Å². The summed E-state index contributed by atoms with van der Waals surface area (Å²) in [7, 11) is 3.00. The maximum atomic E-state index is 11.2. The van der Waals surface area contributed by atoms with E-state index in [0.717, 1.165) is 19.4 Å². The van der Waals surface area contributed by atoms with Crippen LogP contribution in [0.1, 0.15) is 24.6 Å². The Labute approximate surface area is 98.0 Å². The van der Waals surface area contributed by atoms with E-state index in [2.05, 4.69) is 10.2 Å². The molecule has 0 radical (unpaired) electrons. The van der Waals surface area contributed by atoms with Gasteiger partial charge in [-0.3, -0.25) is 0 Å². The standard InChI is InChI=1S/C8H12ClN3O3S/c1-12-7(6-3-2-4-15-5-6)10-11-8(12)16(9,13)14/h6H,2-5H2,1H3. The molecule has 1 fully saturated rings. The van der Waals surface area contributed by atoms with Gasteiger partial charge in [0.2, 0.25) is 0 Å². The summed E-state index contributed by atoms with van der Waals surface area (Å²) in [5.41, 5.74) is 0. The van der Waals surface area contributed by atoms with Gasteiger partial charge in [0.15, 0.2) is 0 Å². The maximum Gasteiger partial charge on any atom is 0.296 e. The Morgan fingerprint density at radius 2 is 2.25 bits per heavy atom. The molecule has 2 heterocycles. The molecule has 1 aliphatic heterocycles. The van der Waals surface area contributed by atoms with Crippen LogP contribution in [0.4, 0.5) is 0 Å². The van der Waals surface area contributed by atoms with Crippen LogP contribution in [0.25, 0.3) is 0 Å². The average molecular weight is 266 g/mol. The summed E-state index contributed by atoms with van der Waals surface area (Å²) in [5, 5.41) is 7.26. The first kappa shape index (κ1) is 11.8. The number of halogens is 1. The van der Waals surface area contributed by atoms with E-state index in [-0.39, 0.29) is 11.1 Å². The van der Waals surface area contributed by atoms with Gasteiger partial charge in [-0.1, -0.05) is 0 Å². The molecule has 8 heteroatoms. The van der Waals surface area contributed by atoms with Crippen LogP contribution in [0.15, 0.2) is 5.16 Å². The predicted molar refractivity (Wildman–Crippen MR) is 56.8 cm³/mol. The molecule has 0 N–H and O–H groups in total. The van der Waals surface area contributed by atoms with Crippen molar-refractivity contribution in [2.24, 2.45) is 7.05 Å². The number of aromatic nitrogens is 3. The Morgan fingerprint density at radius 3 is 2.75 bits per heavy atom. The summed E-state index contributed by atoms with van der Waals surface area (Å²) in [6.07, 6.45) is 1.87. The van der Waals surface area contributed by atoms with Crippen molar-refractivity contribution in [2.45, 2.75) is 23.9 Å². The van der Waals surface area contributed by atoms with Crippen LogP contribution in [-0.4, -0.2) is 36.4 Å². The molecule has 1 atom stereocenters. The zero-order chi connectivity index (χ0) is 11.8. The first-order valence-electron chi connectivity index (χ1n) is 4.92. The van der Waals surface area contributed by atoms with Crippen LogP contribution >= 0.6 is 10.7 Å². The van der Waals surface area contributed by atoms with Crippen LogP contribution < -0.4 is 0 Å². The van der Waals surface area contributed by atoms with E-state index < -0.39 is 9.05 Å². The lowest BCUT2D eigenvalue weighted by atomic mass is 10.0. The van der Waals surface area contributed by atoms with Gasteiger partial charge in [0.05, 0.1) is 6.61 Å². The Kier molecular flexibility index (Phi) is 3.18. The summed E-state index contributed by atoms with van der Waals surface area (Å²) in [6, 6.07) is 0. The van der Waals surface area contributed by atoms with Gasteiger partial charge in [-0.05, 0) is 12.8 Å². The summed E-state index contributed by atoms with van der Waals surface area (Å²) in [6.45, 7) is 1.29. The molecule has 1 aliphatic rings. The van der Waals surface area contributed by atoms with E-state index in [1.54, 1.807) is 7.05 Å². The second-order valence-corrected chi connectivity index (χ2v) is 6.21. The van der Waals surface area contributed by atoms with Crippen LogP contribution in [0.2, 0.25) is 0 Å². The zero-order valence-corrected chi connectivity index (χ0v) is 10.3. The van der Waals surface area contributed by atoms with Gasteiger partial charge in [0.1, 0.15) is 5.82 Å². The molecule has 0 amide bonds. The number of hydrogen-bond donors (Lipinski definition) is 0.